The summed E-state index contributed by atoms with van der Waals surface area (Å²) in [7, 11) is -3.70. The van der Waals surface area contributed by atoms with E-state index >= 15 is 0 Å². The zero-order chi connectivity index (χ0) is 11.4. The fourth-order valence-corrected chi connectivity index (χ4v) is 1.44. The third-order valence-corrected chi connectivity index (χ3v) is 2.78. The second-order valence-electron chi connectivity index (χ2n) is 2.51. The molecule has 14 heavy (non-hydrogen) atoms. The largest absolute Gasteiger partial charge is 0.481 e. The molecule has 0 saturated carbocycles. The lowest BCUT2D eigenvalue weighted by Crippen LogP contribution is -2.42. The average Bonchev–Trinajstić information content (AvgIpc) is 2.02. The molecule has 0 aromatic heterocycles. The smallest absolute Gasteiger partial charge is 0.322 e. The van der Waals surface area contributed by atoms with Crippen LogP contribution in [-0.4, -0.2) is 42.4 Å². The number of rotatable bonds is 6. The molecule has 7 nitrogen and oxygen atoms in total. The van der Waals surface area contributed by atoms with E-state index in [1.807, 2.05) is 0 Å². The maximum atomic E-state index is 10.9. The van der Waals surface area contributed by atoms with Crippen molar-refractivity contribution in [2.75, 3.05) is 5.75 Å². The van der Waals surface area contributed by atoms with Gasteiger partial charge in [0, 0.05) is 0 Å². The van der Waals surface area contributed by atoms with Crippen LogP contribution in [0.15, 0.2) is 0 Å². The van der Waals surface area contributed by atoms with Gasteiger partial charge in [-0.2, -0.15) is 0 Å². The third-order valence-electron chi connectivity index (χ3n) is 1.38. The van der Waals surface area contributed by atoms with Crippen LogP contribution in [0.1, 0.15) is 13.3 Å². The minimum Gasteiger partial charge on any atom is -0.481 e. The average molecular weight is 225 g/mol. The van der Waals surface area contributed by atoms with Crippen LogP contribution in [0.2, 0.25) is 0 Å². The first-order valence-electron chi connectivity index (χ1n) is 3.73. The highest BCUT2D eigenvalue weighted by atomic mass is 32.2. The lowest BCUT2D eigenvalue weighted by molar-refractivity contribution is -0.145. The molecule has 0 spiro atoms. The zero-order valence-electron chi connectivity index (χ0n) is 7.43. The monoisotopic (exact) mass is 225 g/mol. The van der Waals surface area contributed by atoms with Crippen molar-refractivity contribution in [3.8, 4) is 0 Å². The molecular formula is C6H11NO6S. The Bertz CT molecular complexity index is 321. The molecule has 8 heteroatoms. The highest BCUT2D eigenvalue weighted by Crippen LogP contribution is 1.96. The lowest BCUT2D eigenvalue weighted by Gasteiger charge is -2.11. The Kier molecular flexibility index (Phi) is 4.51. The van der Waals surface area contributed by atoms with Gasteiger partial charge in [0.05, 0.1) is 12.2 Å². The van der Waals surface area contributed by atoms with Crippen molar-refractivity contribution in [1.29, 1.82) is 0 Å². The lowest BCUT2D eigenvalue weighted by atomic mass is 10.2. The van der Waals surface area contributed by atoms with Crippen LogP contribution >= 0.6 is 0 Å². The molecule has 1 atom stereocenters. The standard InChI is InChI=1S/C6H11NO6S/c1-2-14(12,13)7-4(6(10)11)3-5(8)9/h4,7H,2-3H2,1H3,(H,8,9)(H,10,11). The molecular weight excluding hydrogens is 214 g/mol. The molecule has 0 aliphatic carbocycles. The van der Waals surface area contributed by atoms with E-state index in [2.05, 4.69) is 0 Å². The van der Waals surface area contributed by atoms with Crippen molar-refractivity contribution in [2.45, 2.75) is 19.4 Å². The van der Waals surface area contributed by atoms with Crippen LogP contribution in [-0.2, 0) is 19.6 Å². The fourth-order valence-electron chi connectivity index (χ4n) is 0.654. The van der Waals surface area contributed by atoms with E-state index in [1.54, 1.807) is 4.72 Å². The summed E-state index contributed by atoms with van der Waals surface area (Å²) in [6, 6.07) is -1.61. The van der Waals surface area contributed by atoms with E-state index in [4.69, 9.17) is 10.2 Å². The Balaban J connectivity index is 4.54. The summed E-state index contributed by atoms with van der Waals surface area (Å²) in [5.74, 6) is -3.18. The van der Waals surface area contributed by atoms with Crippen molar-refractivity contribution in [3.63, 3.8) is 0 Å². The minimum atomic E-state index is -3.70. The molecule has 0 radical (unpaired) electrons. The summed E-state index contributed by atoms with van der Waals surface area (Å²) < 4.78 is 23.6. The van der Waals surface area contributed by atoms with Crippen LogP contribution in [0.5, 0.6) is 0 Å². The van der Waals surface area contributed by atoms with Crippen LogP contribution in [0.25, 0.3) is 0 Å². The number of hydrogen-bond acceptors (Lipinski definition) is 4. The van der Waals surface area contributed by atoms with E-state index in [0.717, 1.165) is 0 Å². The van der Waals surface area contributed by atoms with Gasteiger partial charge in [0.15, 0.2) is 0 Å². The Labute approximate surface area is 80.8 Å². The quantitative estimate of drug-likeness (QED) is 0.525. The van der Waals surface area contributed by atoms with Gasteiger partial charge < -0.3 is 10.2 Å². The fraction of sp³-hybridized carbons (Fsp3) is 0.667. The van der Waals surface area contributed by atoms with Crippen molar-refractivity contribution in [3.05, 3.63) is 0 Å². The number of aliphatic carboxylic acids is 2. The summed E-state index contributed by atoms with van der Waals surface area (Å²) in [6.07, 6.45) is -0.783. The van der Waals surface area contributed by atoms with Crippen molar-refractivity contribution in [2.24, 2.45) is 0 Å². The molecule has 0 aromatic rings. The third kappa shape index (κ3) is 4.77. The highest BCUT2D eigenvalue weighted by Gasteiger charge is 2.25. The summed E-state index contributed by atoms with van der Waals surface area (Å²) >= 11 is 0. The highest BCUT2D eigenvalue weighted by molar-refractivity contribution is 7.89. The molecule has 0 fully saturated rings. The van der Waals surface area contributed by atoms with Gasteiger partial charge in [-0.3, -0.25) is 9.59 Å². The van der Waals surface area contributed by atoms with Gasteiger partial charge in [0.2, 0.25) is 10.0 Å². The molecule has 0 aliphatic rings. The predicted molar refractivity (Wildman–Crippen MR) is 46.3 cm³/mol. The number of sulfonamides is 1. The van der Waals surface area contributed by atoms with Gasteiger partial charge in [-0.05, 0) is 6.92 Å². The van der Waals surface area contributed by atoms with Crippen molar-refractivity contribution < 1.29 is 28.2 Å². The molecule has 0 heterocycles. The Morgan fingerprint density at radius 1 is 1.36 bits per heavy atom. The number of carboxylic acid groups (broad SMARTS) is 2. The Morgan fingerprint density at radius 2 is 1.86 bits per heavy atom. The topological polar surface area (TPSA) is 121 Å². The second-order valence-corrected chi connectivity index (χ2v) is 4.55. The molecule has 3 N–H and O–H groups in total. The van der Waals surface area contributed by atoms with E-state index in [9.17, 15) is 18.0 Å². The minimum absolute atomic E-state index is 0.295. The molecule has 0 bridgehead atoms. The van der Waals surface area contributed by atoms with Crippen molar-refractivity contribution >= 4 is 22.0 Å². The number of carbonyl (C=O) groups is 2. The summed E-state index contributed by atoms with van der Waals surface area (Å²) in [5, 5.41) is 16.8. The van der Waals surface area contributed by atoms with Gasteiger partial charge in [0.25, 0.3) is 0 Å². The van der Waals surface area contributed by atoms with Crippen LogP contribution < -0.4 is 4.72 Å². The molecule has 82 valence electrons. The van der Waals surface area contributed by atoms with Gasteiger partial charge in [-0.1, -0.05) is 0 Å². The molecule has 0 rings (SSSR count). The summed E-state index contributed by atoms with van der Waals surface area (Å²) in [4.78, 5) is 20.6. The Hall–Kier alpha value is -1.15. The molecule has 0 amide bonds. The van der Waals surface area contributed by atoms with Crippen LogP contribution in [0.4, 0.5) is 0 Å². The van der Waals surface area contributed by atoms with Crippen LogP contribution in [0, 0.1) is 0 Å². The normalized spacial score (nSPS) is 13.5. The van der Waals surface area contributed by atoms with E-state index < -0.39 is 34.4 Å². The van der Waals surface area contributed by atoms with E-state index in [-0.39, 0.29) is 5.75 Å². The SMILES string of the molecule is CCS(=O)(=O)NC(CC(=O)O)C(=O)O. The van der Waals surface area contributed by atoms with Gasteiger partial charge >= 0.3 is 11.9 Å². The zero-order valence-corrected chi connectivity index (χ0v) is 8.24. The summed E-state index contributed by atoms with van der Waals surface area (Å²) in [5.41, 5.74) is 0. The number of carboxylic acids is 2. The van der Waals surface area contributed by atoms with E-state index in [1.165, 1.54) is 6.92 Å². The first-order valence-corrected chi connectivity index (χ1v) is 5.38. The van der Waals surface area contributed by atoms with Gasteiger partial charge in [0.1, 0.15) is 6.04 Å². The molecule has 0 aromatic carbocycles. The summed E-state index contributed by atoms with van der Waals surface area (Å²) in [6.45, 7) is 1.32. The second kappa shape index (κ2) is 4.91. The van der Waals surface area contributed by atoms with Gasteiger partial charge in [-0.25, -0.2) is 13.1 Å². The Morgan fingerprint density at radius 3 is 2.14 bits per heavy atom. The molecule has 0 saturated heterocycles. The maximum absolute atomic E-state index is 10.9. The first-order chi connectivity index (χ1) is 6.28. The number of hydrogen-bond donors (Lipinski definition) is 3. The van der Waals surface area contributed by atoms with E-state index in [0.29, 0.717) is 0 Å². The first kappa shape index (κ1) is 12.8. The predicted octanol–water partition coefficient (Wildman–Crippen LogP) is -1.15. The van der Waals surface area contributed by atoms with Crippen LogP contribution in [0.3, 0.4) is 0 Å². The van der Waals surface area contributed by atoms with Gasteiger partial charge in [-0.15, -0.1) is 0 Å². The number of nitrogens with one attached hydrogen (secondary N) is 1. The maximum Gasteiger partial charge on any atom is 0.322 e. The molecule has 1 unspecified atom stereocenters. The molecule has 0 aliphatic heterocycles. The van der Waals surface area contributed by atoms with Crippen molar-refractivity contribution in [1.82, 2.24) is 4.72 Å².